The molecule has 1 aromatic carbocycles. The minimum atomic E-state index is -0.486. The molecule has 0 fully saturated rings. The van der Waals surface area contributed by atoms with Crippen LogP contribution in [0.2, 0.25) is 5.02 Å². The summed E-state index contributed by atoms with van der Waals surface area (Å²) in [6, 6.07) is 4.78. The van der Waals surface area contributed by atoms with Gasteiger partial charge in [-0.05, 0) is 18.7 Å². The van der Waals surface area contributed by atoms with Crippen LogP contribution in [0, 0.1) is 5.82 Å². The molecule has 0 amide bonds. The third-order valence-electron chi connectivity index (χ3n) is 2.30. The molecule has 0 saturated carbocycles. The Balaban J connectivity index is 2.27. The molecule has 2 rings (SSSR count). The van der Waals surface area contributed by atoms with E-state index in [2.05, 4.69) is 10.3 Å². The van der Waals surface area contributed by atoms with Crippen LogP contribution in [0.1, 0.15) is 12.8 Å². The lowest BCUT2D eigenvalue weighted by Crippen LogP contribution is -2.11. The number of aromatic nitrogens is 1. The van der Waals surface area contributed by atoms with Crippen LogP contribution < -0.4 is 5.32 Å². The Labute approximate surface area is 104 Å². The summed E-state index contributed by atoms with van der Waals surface area (Å²) in [5.41, 5.74) is 0.327. The fraction of sp³-hybridized carbons (Fsp3) is 0.250. The van der Waals surface area contributed by atoms with Gasteiger partial charge in [0.05, 0.1) is 23.3 Å². The van der Waals surface area contributed by atoms with Crippen molar-refractivity contribution in [3.8, 4) is 11.3 Å². The van der Waals surface area contributed by atoms with E-state index in [-0.39, 0.29) is 5.02 Å². The lowest BCUT2D eigenvalue weighted by molar-refractivity contribution is 0.479. The van der Waals surface area contributed by atoms with Crippen LogP contribution in [-0.2, 0) is 6.54 Å². The molecule has 2 aromatic rings. The molecule has 1 N–H and O–H groups in total. The van der Waals surface area contributed by atoms with E-state index in [1.165, 1.54) is 12.3 Å². The van der Waals surface area contributed by atoms with Crippen molar-refractivity contribution >= 4 is 11.6 Å². The average molecular weight is 255 g/mol. The number of rotatable bonds is 4. The predicted molar refractivity (Wildman–Crippen MR) is 64.3 cm³/mol. The zero-order valence-corrected chi connectivity index (χ0v) is 10.1. The number of nitrogens with one attached hydrogen (secondary N) is 1. The molecule has 0 unspecified atom stereocenters. The second-order valence-corrected chi connectivity index (χ2v) is 3.91. The molecule has 17 heavy (non-hydrogen) atoms. The quantitative estimate of drug-likeness (QED) is 0.910. The smallest absolute Gasteiger partial charge is 0.208 e. The first-order valence-electron chi connectivity index (χ1n) is 5.32. The summed E-state index contributed by atoms with van der Waals surface area (Å²) in [5.74, 6) is 0.430. The number of hydrogen-bond donors (Lipinski definition) is 1. The maximum absolute atomic E-state index is 13.7. The van der Waals surface area contributed by atoms with Crippen molar-refractivity contribution < 1.29 is 8.81 Å². The number of hydrogen-bond acceptors (Lipinski definition) is 3. The lowest BCUT2D eigenvalue weighted by atomic mass is 10.2. The van der Waals surface area contributed by atoms with Crippen molar-refractivity contribution in [3.63, 3.8) is 0 Å². The lowest BCUT2D eigenvalue weighted by Gasteiger charge is -2.00. The van der Waals surface area contributed by atoms with Crippen molar-refractivity contribution in [1.29, 1.82) is 0 Å². The summed E-state index contributed by atoms with van der Waals surface area (Å²) in [7, 11) is 0. The highest BCUT2D eigenvalue weighted by atomic mass is 35.5. The molecule has 0 bridgehead atoms. The molecule has 0 aliphatic heterocycles. The van der Waals surface area contributed by atoms with Gasteiger partial charge in [0.25, 0.3) is 0 Å². The number of benzene rings is 1. The van der Waals surface area contributed by atoms with Gasteiger partial charge in [0, 0.05) is 0 Å². The van der Waals surface area contributed by atoms with Crippen molar-refractivity contribution in [2.24, 2.45) is 0 Å². The van der Waals surface area contributed by atoms with E-state index < -0.39 is 5.82 Å². The molecule has 0 spiro atoms. The molecular weight excluding hydrogens is 243 g/mol. The highest BCUT2D eigenvalue weighted by molar-refractivity contribution is 6.31. The highest BCUT2D eigenvalue weighted by Crippen LogP contribution is 2.27. The summed E-state index contributed by atoms with van der Waals surface area (Å²) in [4.78, 5) is 4.06. The summed E-state index contributed by atoms with van der Waals surface area (Å²) in [5, 5.41) is 3.16. The molecule has 90 valence electrons. The zero-order valence-electron chi connectivity index (χ0n) is 9.34. The third kappa shape index (κ3) is 2.65. The fourth-order valence-corrected chi connectivity index (χ4v) is 1.62. The molecular formula is C12H12ClFN2O. The third-order valence-corrected chi connectivity index (χ3v) is 2.59. The van der Waals surface area contributed by atoms with E-state index in [0.717, 1.165) is 6.54 Å². The van der Waals surface area contributed by atoms with Gasteiger partial charge in [-0.1, -0.05) is 24.6 Å². The summed E-state index contributed by atoms with van der Waals surface area (Å²) in [6.07, 6.45) is 1.50. The van der Waals surface area contributed by atoms with Crippen molar-refractivity contribution in [2.75, 3.05) is 6.54 Å². The first-order valence-corrected chi connectivity index (χ1v) is 5.70. The first kappa shape index (κ1) is 12.1. The first-order chi connectivity index (χ1) is 8.22. The van der Waals surface area contributed by atoms with E-state index in [4.69, 9.17) is 16.0 Å². The number of halogens is 2. The minimum absolute atomic E-state index is 0.0760. The maximum atomic E-state index is 13.7. The molecule has 1 aromatic heterocycles. The molecule has 1 heterocycles. The molecule has 0 radical (unpaired) electrons. The molecule has 0 saturated heterocycles. The summed E-state index contributed by atoms with van der Waals surface area (Å²) in [6.45, 7) is 3.34. The number of nitrogens with zero attached hydrogens (tertiary/aromatic N) is 1. The van der Waals surface area contributed by atoms with Gasteiger partial charge in [0.2, 0.25) is 5.89 Å². The van der Waals surface area contributed by atoms with Gasteiger partial charge in [0.1, 0.15) is 0 Å². The Morgan fingerprint density at radius 1 is 1.47 bits per heavy atom. The molecule has 5 heteroatoms. The Kier molecular flexibility index (Phi) is 3.76. The van der Waals surface area contributed by atoms with Gasteiger partial charge < -0.3 is 9.73 Å². The van der Waals surface area contributed by atoms with E-state index in [0.29, 0.717) is 23.8 Å². The van der Waals surface area contributed by atoms with Crippen LogP contribution in [0.25, 0.3) is 11.3 Å². The Hall–Kier alpha value is -1.39. The van der Waals surface area contributed by atoms with Crippen LogP contribution in [0.5, 0.6) is 0 Å². The summed E-state index contributed by atoms with van der Waals surface area (Å²) < 4.78 is 19.1. The maximum Gasteiger partial charge on any atom is 0.208 e. The van der Waals surface area contributed by atoms with Gasteiger partial charge in [-0.15, -0.1) is 0 Å². The van der Waals surface area contributed by atoms with Crippen LogP contribution in [0.3, 0.4) is 0 Å². The van der Waals surface area contributed by atoms with Crippen LogP contribution in [0.4, 0.5) is 4.39 Å². The predicted octanol–water partition coefficient (Wildman–Crippen LogP) is 3.24. The fourth-order valence-electron chi connectivity index (χ4n) is 1.44. The number of oxazole rings is 1. The Morgan fingerprint density at radius 3 is 3.06 bits per heavy atom. The molecule has 0 atom stereocenters. The van der Waals surface area contributed by atoms with Gasteiger partial charge in [-0.3, -0.25) is 0 Å². The van der Waals surface area contributed by atoms with Crippen LogP contribution >= 0.6 is 11.6 Å². The van der Waals surface area contributed by atoms with Crippen molar-refractivity contribution in [1.82, 2.24) is 10.3 Å². The largest absolute Gasteiger partial charge is 0.439 e. The standard InChI is InChI=1S/C12H12ClFN2O/c1-2-15-7-11-16-6-10(17-11)8-4-3-5-9(13)12(8)14/h3-6,15H,2,7H2,1H3. The SMILES string of the molecule is CCNCc1ncc(-c2cccc(Cl)c2F)o1. The Morgan fingerprint density at radius 2 is 2.29 bits per heavy atom. The average Bonchev–Trinajstić information content (AvgIpc) is 2.78. The van der Waals surface area contributed by atoms with E-state index in [9.17, 15) is 4.39 Å². The van der Waals surface area contributed by atoms with Gasteiger partial charge in [-0.2, -0.15) is 0 Å². The van der Waals surface area contributed by atoms with Gasteiger partial charge in [-0.25, -0.2) is 9.37 Å². The minimum Gasteiger partial charge on any atom is -0.439 e. The zero-order chi connectivity index (χ0) is 12.3. The van der Waals surface area contributed by atoms with E-state index >= 15 is 0 Å². The summed E-state index contributed by atoms with van der Waals surface area (Å²) >= 11 is 5.70. The van der Waals surface area contributed by atoms with Crippen molar-refractivity contribution in [3.05, 3.63) is 41.1 Å². The molecule has 0 aliphatic rings. The highest BCUT2D eigenvalue weighted by Gasteiger charge is 2.12. The topological polar surface area (TPSA) is 38.1 Å². The monoisotopic (exact) mass is 254 g/mol. The van der Waals surface area contributed by atoms with Crippen LogP contribution in [0.15, 0.2) is 28.8 Å². The Bertz CT molecular complexity index is 513. The second kappa shape index (κ2) is 5.29. The second-order valence-electron chi connectivity index (χ2n) is 3.50. The van der Waals surface area contributed by atoms with E-state index in [1.54, 1.807) is 12.1 Å². The van der Waals surface area contributed by atoms with Gasteiger partial charge >= 0.3 is 0 Å². The molecule has 0 aliphatic carbocycles. The normalized spacial score (nSPS) is 10.8. The molecule has 3 nitrogen and oxygen atoms in total. The van der Waals surface area contributed by atoms with Crippen LogP contribution in [-0.4, -0.2) is 11.5 Å². The van der Waals surface area contributed by atoms with Crippen molar-refractivity contribution in [2.45, 2.75) is 13.5 Å². The van der Waals surface area contributed by atoms with Gasteiger partial charge in [0.15, 0.2) is 11.6 Å². The van der Waals surface area contributed by atoms with E-state index in [1.807, 2.05) is 6.92 Å².